The zero-order valence-corrected chi connectivity index (χ0v) is 16.2. The van der Waals surface area contributed by atoms with Crippen LogP contribution < -0.4 is 10.6 Å². The summed E-state index contributed by atoms with van der Waals surface area (Å²) in [4.78, 5) is 5.09. The van der Waals surface area contributed by atoms with Crippen molar-refractivity contribution in [3.63, 3.8) is 0 Å². The van der Waals surface area contributed by atoms with Crippen molar-refractivity contribution in [1.29, 1.82) is 0 Å². The number of guanidine groups is 1. The lowest BCUT2D eigenvalue weighted by Crippen LogP contribution is -2.46. The van der Waals surface area contributed by atoms with Gasteiger partial charge in [0, 0.05) is 24.4 Å². The molecule has 3 unspecified atom stereocenters. The second-order valence-corrected chi connectivity index (χ2v) is 6.76. The first-order chi connectivity index (χ1) is 10.0. The highest BCUT2D eigenvalue weighted by molar-refractivity contribution is 14.0. The smallest absolute Gasteiger partial charge is 0.191 e. The number of nitrogens with zero attached hydrogens (tertiary/aromatic N) is 1. The summed E-state index contributed by atoms with van der Waals surface area (Å²) in [6, 6.07) is 3.86. The summed E-state index contributed by atoms with van der Waals surface area (Å²) in [5, 5.41) is 28.6. The molecule has 1 aromatic rings. The Morgan fingerprint density at radius 1 is 1.45 bits per heavy atom. The van der Waals surface area contributed by atoms with Crippen molar-refractivity contribution in [2.24, 2.45) is 10.9 Å². The van der Waals surface area contributed by atoms with Crippen molar-refractivity contribution in [3.05, 3.63) is 22.4 Å². The molecule has 2 rings (SSSR count). The molecule has 5 nitrogen and oxygen atoms in total. The summed E-state index contributed by atoms with van der Waals surface area (Å²) in [6.45, 7) is 2.89. The van der Waals surface area contributed by atoms with Crippen molar-refractivity contribution in [1.82, 2.24) is 10.6 Å². The molecule has 1 aliphatic rings. The Morgan fingerprint density at radius 3 is 2.77 bits per heavy atom. The van der Waals surface area contributed by atoms with Gasteiger partial charge in [0.2, 0.25) is 0 Å². The van der Waals surface area contributed by atoms with Crippen LogP contribution in [0.1, 0.15) is 31.1 Å². The van der Waals surface area contributed by atoms with Crippen molar-refractivity contribution in [3.8, 4) is 0 Å². The summed E-state index contributed by atoms with van der Waals surface area (Å²) in [6.07, 6.45) is 2.83. The molecular formula is C15H26IN3O2S. The molecule has 0 spiro atoms. The van der Waals surface area contributed by atoms with Gasteiger partial charge >= 0.3 is 0 Å². The number of thiophene rings is 1. The summed E-state index contributed by atoms with van der Waals surface area (Å²) < 4.78 is 0. The maximum absolute atomic E-state index is 10.5. The predicted octanol–water partition coefficient (Wildman–Crippen LogP) is 1.90. The molecular weight excluding hydrogens is 413 g/mol. The minimum Gasteiger partial charge on any atom is -0.393 e. The van der Waals surface area contributed by atoms with Crippen LogP contribution in [-0.2, 0) is 5.60 Å². The van der Waals surface area contributed by atoms with Gasteiger partial charge < -0.3 is 20.8 Å². The highest BCUT2D eigenvalue weighted by Gasteiger charge is 2.26. The van der Waals surface area contributed by atoms with Gasteiger partial charge in [0.25, 0.3) is 0 Å². The normalized spacial score (nSPS) is 24.5. The number of halogens is 1. The molecule has 0 saturated heterocycles. The molecule has 0 radical (unpaired) electrons. The zero-order chi connectivity index (χ0) is 15.3. The van der Waals surface area contributed by atoms with Crippen molar-refractivity contribution < 1.29 is 10.2 Å². The molecule has 0 aromatic carbocycles. The Morgan fingerprint density at radius 2 is 2.23 bits per heavy atom. The van der Waals surface area contributed by atoms with Gasteiger partial charge in [-0.25, -0.2) is 0 Å². The molecule has 0 bridgehead atoms. The monoisotopic (exact) mass is 439 g/mol. The van der Waals surface area contributed by atoms with Crippen LogP contribution in [0.15, 0.2) is 22.5 Å². The summed E-state index contributed by atoms with van der Waals surface area (Å²) >= 11 is 1.54. The van der Waals surface area contributed by atoms with Gasteiger partial charge in [-0.3, -0.25) is 4.99 Å². The quantitative estimate of drug-likeness (QED) is 0.321. The van der Waals surface area contributed by atoms with E-state index < -0.39 is 5.60 Å². The molecule has 7 heteroatoms. The number of aliphatic hydroxyl groups is 2. The molecule has 1 aromatic heterocycles. The molecule has 1 saturated carbocycles. The Labute approximate surface area is 153 Å². The van der Waals surface area contributed by atoms with E-state index in [0.717, 1.165) is 24.1 Å². The van der Waals surface area contributed by atoms with E-state index in [0.29, 0.717) is 25.0 Å². The second kappa shape index (κ2) is 9.05. The Kier molecular flexibility index (Phi) is 8.09. The fraction of sp³-hybridized carbons (Fsp3) is 0.667. The van der Waals surface area contributed by atoms with Crippen LogP contribution in [0.2, 0.25) is 0 Å². The maximum atomic E-state index is 10.5. The van der Waals surface area contributed by atoms with Crippen LogP contribution in [0.4, 0.5) is 0 Å². The largest absolute Gasteiger partial charge is 0.393 e. The number of hydrogen-bond acceptors (Lipinski definition) is 4. The fourth-order valence-corrected chi connectivity index (χ4v) is 3.42. The van der Waals surface area contributed by atoms with Gasteiger partial charge in [-0.1, -0.05) is 12.5 Å². The van der Waals surface area contributed by atoms with Crippen LogP contribution >= 0.6 is 35.3 Å². The fourth-order valence-electron chi connectivity index (χ4n) is 2.63. The molecule has 1 aliphatic carbocycles. The standard InChI is InChI=1S/C15H25N3O2S.HI/c1-15(20,13-7-4-8-21-13)10-18-14(16-2)17-9-11-5-3-6-12(11)19;/h4,7-8,11-12,19-20H,3,5-6,9-10H2,1-2H3,(H2,16,17,18);1H. The molecule has 0 aliphatic heterocycles. The lowest BCUT2D eigenvalue weighted by Gasteiger charge is -2.24. The number of rotatable bonds is 5. The van der Waals surface area contributed by atoms with Crippen molar-refractivity contribution in [2.75, 3.05) is 20.1 Å². The predicted molar refractivity (Wildman–Crippen MR) is 102 cm³/mol. The van der Waals surface area contributed by atoms with E-state index in [2.05, 4.69) is 15.6 Å². The average Bonchev–Trinajstić information content (AvgIpc) is 3.11. The minimum atomic E-state index is -0.918. The summed E-state index contributed by atoms with van der Waals surface area (Å²) in [5.41, 5.74) is -0.918. The number of nitrogens with one attached hydrogen (secondary N) is 2. The van der Waals surface area contributed by atoms with Crippen LogP contribution in [0.25, 0.3) is 0 Å². The van der Waals surface area contributed by atoms with Crippen LogP contribution in [0.5, 0.6) is 0 Å². The Balaban J connectivity index is 0.00000242. The molecule has 126 valence electrons. The third-order valence-electron chi connectivity index (χ3n) is 4.03. The van der Waals surface area contributed by atoms with Crippen molar-refractivity contribution >= 4 is 41.3 Å². The summed E-state index contributed by atoms with van der Waals surface area (Å²) in [7, 11) is 1.71. The van der Waals surface area contributed by atoms with Crippen LogP contribution in [-0.4, -0.2) is 42.4 Å². The van der Waals surface area contributed by atoms with E-state index in [1.165, 1.54) is 11.3 Å². The van der Waals surface area contributed by atoms with Gasteiger partial charge in [-0.15, -0.1) is 35.3 Å². The van der Waals surface area contributed by atoms with Crippen LogP contribution in [0, 0.1) is 5.92 Å². The highest BCUT2D eigenvalue weighted by Crippen LogP contribution is 2.25. The maximum Gasteiger partial charge on any atom is 0.191 e. The van der Waals surface area contributed by atoms with Gasteiger partial charge in [0.1, 0.15) is 5.60 Å². The van der Waals surface area contributed by atoms with Gasteiger partial charge in [-0.05, 0) is 31.2 Å². The molecule has 0 amide bonds. The van der Waals surface area contributed by atoms with Gasteiger partial charge in [0.05, 0.1) is 12.6 Å². The van der Waals surface area contributed by atoms with E-state index >= 15 is 0 Å². The Hall–Kier alpha value is -0.380. The highest BCUT2D eigenvalue weighted by atomic mass is 127. The first-order valence-electron chi connectivity index (χ1n) is 7.42. The summed E-state index contributed by atoms with van der Waals surface area (Å²) in [5.74, 6) is 0.951. The molecule has 1 fully saturated rings. The first kappa shape index (κ1) is 19.7. The topological polar surface area (TPSA) is 76.9 Å². The average molecular weight is 439 g/mol. The molecule has 4 N–H and O–H groups in total. The van der Waals surface area contributed by atoms with E-state index in [1.807, 2.05) is 17.5 Å². The lowest BCUT2D eigenvalue weighted by molar-refractivity contribution is 0.0654. The van der Waals surface area contributed by atoms with Crippen LogP contribution in [0.3, 0.4) is 0 Å². The van der Waals surface area contributed by atoms with Gasteiger partial charge in [0.15, 0.2) is 5.96 Å². The van der Waals surface area contributed by atoms with E-state index in [9.17, 15) is 10.2 Å². The number of hydrogen-bond donors (Lipinski definition) is 4. The lowest BCUT2D eigenvalue weighted by atomic mass is 10.1. The molecule has 3 atom stereocenters. The van der Waals surface area contributed by atoms with E-state index in [1.54, 1.807) is 14.0 Å². The third-order valence-corrected chi connectivity index (χ3v) is 5.15. The molecule has 1 heterocycles. The SMILES string of the molecule is CN=C(NCC1CCCC1O)NCC(C)(O)c1cccs1.I. The third kappa shape index (κ3) is 5.36. The van der Waals surface area contributed by atoms with Gasteiger partial charge in [-0.2, -0.15) is 0 Å². The zero-order valence-electron chi connectivity index (χ0n) is 13.1. The minimum absolute atomic E-state index is 0. The first-order valence-corrected chi connectivity index (χ1v) is 8.30. The number of aliphatic hydroxyl groups excluding tert-OH is 1. The second-order valence-electron chi connectivity index (χ2n) is 5.82. The van der Waals surface area contributed by atoms with E-state index in [4.69, 9.17) is 0 Å². The van der Waals surface area contributed by atoms with E-state index in [-0.39, 0.29) is 30.1 Å². The Bertz CT molecular complexity index is 465. The van der Waals surface area contributed by atoms with Crippen molar-refractivity contribution in [2.45, 2.75) is 37.9 Å². The molecule has 22 heavy (non-hydrogen) atoms. The number of aliphatic imine (C=N–C) groups is 1.